The minimum Gasteiger partial charge on any atom is -0.272 e. The number of aromatic amines is 1. The number of hydrogen-bond donors (Lipinski definition) is 1. The second-order valence-corrected chi connectivity index (χ2v) is 4.80. The molecule has 3 rings (SSSR count). The van der Waals surface area contributed by atoms with E-state index in [9.17, 15) is 0 Å². The number of benzene rings is 1. The fourth-order valence-corrected chi connectivity index (χ4v) is 2.13. The molecule has 0 saturated heterocycles. The van der Waals surface area contributed by atoms with E-state index < -0.39 is 0 Å². The molecule has 1 fully saturated rings. The van der Waals surface area contributed by atoms with Crippen LogP contribution in [0.2, 0.25) is 5.02 Å². The summed E-state index contributed by atoms with van der Waals surface area (Å²) in [6.07, 6.45) is 2.40. The molecule has 1 aromatic carbocycles. The molecule has 1 saturated carbocycles. The Hall–Kier alpha value is -1.13. The molecule has 0 bridgehead atoms. The van der Waals surface area contributed by atoms with Crippen molar-refractivity contribution in [1.29, 1.82) is 0 Å². The van der Waals surface area contributed by atoms with Crippen LogP contribution in [-0.4, -0.2) is 14.8 Å². The van der Waals surface area contributed by atoms with Crippen molar-refractivity contribution in [3.05, 3.63) is 39.9 Å². The standard InChI is InChI=1S/C11H10ClN3S/c12-8-3-5-9(6-4-8)15-10(7-1-2-7)13-14-11(15)16/h3-7H,1-2H2,(H,14,16). The Bertz CT molecular complexity index is 566. The van der Waals surface area contributed by atoms with Crippen molar-refractivity contribution in [2.24, 2.45) is 0 Å². The molecule has 0 radical (unpaired) electrons. The van der Waals surface area contributed by atoms with Gasteiger partial charge in [-0.2, -0.15) is 5.10 Å². The van der Waals surface area contributed by atoms with E-state index >= 15 is 0 Å². The van der Waals surface area contributed by atoms with Crippen molar-refractivity contribution in [3.63, 3.8) is 0 Å². The first-order valence-corrected chi connectivity index (χ1v) is 5.97. The monoisotopic (exact) mass is 251 g/mol. The summed E-state index contributed by atoms with van der Waals surface area (Å²) in [4.78, 5) is 0. The van der Waals surface area contributed by atoms with E-state index in [0.29, 0.717) is 10.7 Å². The largest absolute Gasteiger partial charge is 0.272 e. The van der Waals surface area contributed by atoms with Gasteiger partial charge in [0.05, 0.1) is 0 Å². The van der Waals surface area contributed by atoms with Crippen LogP contribution in [-0.2, 0) is 0 Å². The van der Waals surface area contributed by atoms with E-state index in [4.69, 9.17) is 23.8 Å². The van der Waals surface area contributed by atoms with Gasteiger partial charge in [-0.25, -0.2) is 0 Å². The highest BCUT2D eigenvalue weighted by molar-refractivity contribution is 7.71. The van der Waals surface area contributed by atoms with Gasteiger partial charge in [0.2, 0.25) is 0 Å². The third-order valence-electron chi connectivity index (χ3n) is 2.73. The lowest BCUT2D eigenvalue weighted by atomic mass is 10.3. The number of rotatable bonds is 2. The summed E-state index contributed by atoms with van der Waals surface area (Å²) < 4.78 is 2.63. The molecule has 1 aliphatic rings. The quantitative estimate of drug-likeness (QED) is 0.830. The van der Waals surface area contributed by atoms with Crippen LogP contribution in [0, 0.1) is 4.77 Å². The van der Waals surface area contributed by atoms with Gasteiger partial charge in [-0.3, -0.25) is 9.67 Å². The van der Waals surface area contributed by atoms with Gasteiger partial charge >= 0.3 is 0 Å². The van der Waals surface area contributed by atoms with E-state index in [-0.39, 0.29) is 0 Å². The predicted octanol–water partition coefficient (Wildman–Crippen LogP) is 3.46. The fourth-order valence-electron chi connectivity index (χ4n) is 1.76. The first-order valence-electron chi connectivity index (χ1n) is 5.19. The molecule has 2 aromatic rings. The first kappa shape index (κ1) is 10.1. The highest BCUT2D eigenvalue weighted by Crippen LogP contribution is 2.39. The van der Waals surface area contributed by atoms with Crippen molar-refractivity contribution in [2.75, 3.05) is 0 Å². The summed E-state index contributed by atoms with van der Waals surface area (Å²) in [5.41, 5.74) is 1.02. The van der Waals surface area contributed by atoms with Crippen LogP contribution in [0.15, 0.2) is 24.3 Å². The molecule has 82 valence electrons. The lowest BCUT2D eigenvalue weighted by molar-refractivity contribution is 0.869. The maximum Gasteiger partial charge on any atom is 0.199 e. The highest BCUT2D eigenvalue weighted by Gasteiger charge is 2.29. The van der Waals surface area contributed by atoms with E-state index in [1.165, 1.54) is 12.8 Å². The van der Waals surface area contributed by atoms with Crippen molar-refractivity contribution in [1.82, 2.24) is 14.8 Å². The molecule has 16 heavy (non-hydrogen) atoms. The molecule has 1 heterocycles. The smallest absolute Gasteiger partial charge is 0.199 e. The molecule has 0 amide bonds. The van der Waals surface area contributed by atoms with E-state index in [2.05, 4.69) is 10.2 Å². The van der Waals surface area contributed by atoms with Crippen molar-refractivity contribution in [2.45, 2.75) is 18.8 Å². The van der Waals surface area contributed by atoms with Gasteiger partial charge in [0.15, 0.2) is 4.77 Å². The maximum atomic E-state index is 5.87. The molecule has 1 N–H and O–H groups in total. The van der Waals surface area contributed by atoms with Gasteiger partial charge in [-0.05, 0) is 49.3 Å². The minimum absolute atomic E-state index is 0.559. The Morgan fingerprint density at radius 1 is 1.31 bits per heavy atom. The lowest BCUT2D eigenvalue weighted by Gasteiger charge is -2.05. The molecule has 0 spiro atoms. The second-order valence-electron chi connectivity index (χ2n) is 3.97. The number of hydrogen-bond acceptors (Lipinski definition) is 2. The van der Waals surface area contributed by atoms with Gasteiger partial charge in [0, 0.05) is 16.6 Å². The number of halogens is 1. The average Bonchev–Trinajstić information content (AvgIpc) is 3.05. The summed E-state index contributed by atoms with van der Waals surface area (Å²) >= 11 is 11.1. The summed E-state index contributed by atoms with van der Waals surface area (Å²) in [6.45, 7) is 0. The number of aromatic nitrogens is 3. The number of nitrogens with zero attached hydrogens (tertiary/aromatic N) is 2. The van der Waals surface area contributed by atoms with E-state index in [1.54, 1.807) is 0 Å². The Balaban J connectivity index is 2.14. The van der Waals surface area contributed by atoms with Crippen LogP contribution in [0.4, 0.5) is 0 Å². The molecule has 1 aromatic heterocycles. The van der Waals surface area contributed by atoms with Crippen molar-refractivity contribution < 1.29 is 0 Å². The van der Waals surface area contributed by atoms with Crippen LogP contribution < -0.4 is 0 Å². The average molecular weight is 252 g/mol. The van der Waals surface area contributed by atoms with Gasteiger partial charge in [-0.15, -0.1) is 0 Å². The van der Waals surface area contributed by atoms with Crippen LogP contribution in [0.25, 0.3) is 5.69 Å². The molecule has 0 unspecified atom stereocenters. The number of H-pyrrole nitrogens is 1. The Morgan fingerprint density at radius 2 is 2.00 bits per heavy atom. The zero-order valence-corrected chi connectivity index (χ0v) is 10.1. The summed E-state index contributed by atoms with van der Waals surface area (Å²) in [5, 5.41) is 7.87. The first-order chi connectivity index (χ1) is 7.75. The fraction of sp³-hybridized carbons (Fsp3) is 0.273. The molecule has 0 aliphatic heterocycles. The molecular weight excluding hydrogens is 242 g/mol. The van der Waals surface area contributed by atoms with Crippen LogP contribution >= 0.6 is 23.8 Å². The third-order valence-corrected chi connectivity index (χ3v) is 3.25. The molecule has 0 atom stereocenters. The summed E-state index contributed by atoms with van der Waals surface area (Å²) in [6, 6.07) is 7.64. The highest BCUT2D eigenvalue weighted by atomic mass is 35.5. The van der Waals surface area contributed by atoms with Crippen LogP contribution in [0.1, 0.15) is 24.6 Å². The molecule has 1 aliphatic carbocycles. The maximum absolute atomic E-state index is 5.87. The second kappa shape index (κ2) is 3.71. The zero-order valence-electron chi connectivity index (χ0n) is 8.48. The molecular formula is C11H10ClN3S. The Labute approximate surface area is 103 Å². The van der Waals surface area contributed by atoms with Gasteiger partial charge in [-0.1, -0.05) is 11.6 Å². The number of nitrogens with one attached hydrogen (secondary N) is 1. The van der Waals surface area contributed by atoms with Gasteiger partial charge in [0.1, 0.15) is 5.82 Å². The topological polar surface area (TPSA) is 33.6 Å². The predicted molar refractivity (Wildman–Crippen MR) is 65.7 cm³/mol. The normalized spacial score (nSPS) is 15.3. The SMILES string of the molecule is S=c1[nH]nc(C2CC2)n1-c1ccc(Cl)cc1. The Kier molecular flexibility index (Phi) is 2.33. The van der Waals surface area contributed by atoms with E-state index in [1.807, 2.05) is 28.8 Å². The molecule has 5 heteroatoms. The third kappa shape index (κ3) is 1.68. The van der Waals surface area contributed by atoms with Crippen molar-refractivity contribution >= 4 is 23.8 Å². The van der Waals surface area contributed by atoms with E-state index in [0.717, 1.165) is 16.5 Å². The molecule has 3 nitrogen and oxygen atoms in total. The lowest BCUT2D eigenvalue weighted by Crippen LogP contribution is -1.99. The Morgan fingerprint density at radius 3 is 2.62 bits per heavy atom. The van der Waals surface area contributed by atoms with Gasteiger partial charge < -0.3 is 0 Å². The summed E-state index contributed by atoms with van der Waals surface area (Å²) in [5.74, 6) is 1.59. The van der Waals surface area contributed by atoms with Gasteiger partial charge in [0.25, 0.3) is 0 Å². The minimum atomic E-state index is 0.559. The van der Waals surface area contributed by atoms with Crippen LogP contribution in [0.3, 0.4) is 0 Å². The van der Waals surface area contributed by atoms with Crippen molar-refractivity contribution in [3.8, 4) is 5.69 Å². The van der Waals surface area contributed by atoms with Crippen LogP contribution in [0.5, 0.6) is 0 Å². The summed E-state index contributed by atoms with van der Waals surface area (Å²) in [7, 11) is 0. The zero-order chi connectivity index (χ0) is 11.1.